The van der Waals surface area contributed by atoms with Gasteiger partial charge in [0.15, 0.2) is 0 Å². The molecule has 2 fully saturated rings. The van der Waals surface area contributed by atoms with Crippen molar-refractivity contribution < 1.29 is 8.42 Å². The standard InChI is InChI=1S/C17H23N3O2S.ClH/c1-11-17(13-5-3-4-6-16(13)19(11)2)23(21,22)20-9-12-7-8-15(18)14(12)10-20;/h3-6,12,14-15H,7-10,18H2,1-2H3;1H. The Balaban J connectivity index is 0.00000169. The second-order valence-corrected chi connectivity index (χ2v) is 8.85. The van der Waals surface area contributed by atoms with E-state index in [1.165, 1.54) is 0 Å². The fraction of sp³-hybridized carbons (Fsp3) is 0.529. The Kier molecular flexibility index (Phi) is 4.45. The Hall–Kier alpha value is -1.08. The van der Waals surface area contributed by atoms with Gasteiger partial charge in [0.05, 0.1) is 0 Å². The van der Waals surface area contributed by atoms with E-state index in [2.05, 4.69) is 0 Å². The van der Waals surface area contributed by atoms with Crippen LogP contribution >= 0.6 is 12.4 Å². The lowest BCUT2D eigenvalue weighted by molar-refractivity contribution is 0.427. The molecule has 2 aliphatic rings. The summed E-state index contributed by atoms with van der Waals surface area (Å²) >= 11 is 0. The first-order valence-corrected chi connectivity index (χ1v) is 9.65. The maximum atomic E-state index is 13.3. The molecule has 132 valence electrons. The molecule has 1 aromatic carbocycles. The lowest BCUT2D eigenvalue weighted by Crippen LogP contribution is -2.33. The number of nitrogens with zero attached hydrogens (tertiary/aromatic N) is 2. The highest BCUT2D eigenvalue weighted by atomic mass is 35.5. The number of fused-ring (bicyclic) bond motifs is 2. The predicted octanol–water partition coefficient (Wildman–Crippen LogP) is 2.27. The summed E-state index contributed by atoms with van der Waals surface area (Å²) < 4.78 is 30.2. The van der Waals surface area contributed by atoms with Crippen LogP contribution < -0.4 is 5.73 Å². The minimum absolute atomic E-state index is 0. The van der Waals surface area contributed by atoms with Crippen LogP contribution in [-0.2, 0) is 17.1 Å². The molecule has 0 spiro atoms. The van der Waals surface area contributed by atoms with E-state index in [0.29, 0.717) is 29.8 Å². The molecule has 24 heavy (non-hydrogen) atoms. The molecule has 4 rings (SSSR count). The molecule has 1 saturated heterocycles. The van der Waals surface area contributed by atoms with E-state index < -0.39 is 10.0 Å². The minimum atomic E-state index is -3.48. The van der Waals surface area contributed by atoms with Crippen molar-refractivity contribution in [2.45, 2.75) is 30.7 Å². The predicted molar refractivity (Wildman–Crippen MR) is 97.9 cm³/mol. The Morgan fingerprint density at radius 3 is 2.58 bits per heavy atom. The second-order valence-electron chi connectivity index (χ2n) is 6.98. The van der Waals surface area contributed by atoms with Crippen molar-refractivity contribution in [1.29, 1.82) is 0 Å². The van der Waals surface area contributed by atoms with Gasteiger partial charge in [-0.25, -0.2) is 8.42 Å². The molecule has 2 heterocycles. The van der Waals surface area contributed by atoms with Gasteiger partial charge < -0.3 is 10.3 Å². The van der Waals surface area contributed by atoms with Crippen LogP contribution in [0.1, 0.15) is 18.5 Å². The summed E-state index contributed by atoms with van der Waals surface area (Å²) in [7, 11) is -1.56. The molecule has 3 unspecified atom stereocenters. The summed E-state index contributed by atoms with van der Waals surface area (Å²) in [5, 5.41) is 0.814. The zero-order valence-electron chi connectivity index (χ0n) is 14.0. The van der Waals surface area contributed by atoms with E-state index in [1.807, 2.05) is 42.8 Å². The van der Waals surface area contributed by atoms with Gasteiger partial charge >= 0.3 is 0 Å². The van der Waals surface area contributed by atoms with Crippen LogP contribution in [0.2, 0.25) is 0 Å². The van der Waals surface area contributed by atoms with Crippen molar-refractivity contribution in [3.8, 4) is 0 Å². The van der Waals surface area contributed by atoms with Crippen LogP contribution in [-0.4, -0.2) is 36.4 Å². The molecule has 2 N–H and O–H groups in total. The summed E-state index contributed by atoms with van der Waals surface area (Å²) in [6.07, 6.45) is 2.07. The van der Waals surface area contributed by atoms with E-state index in [4.69, 9.17) is 5.73 Å². The molecule has 1 aliphatic carbocycles. The van der Waals surface area contributed by atoms with Gasteiger partial charge in [0.25, 0.3) is 0 Å². The van der Waals surface area contributed by atoms with Crippen LogP contribution in [0.4, 0.5) is 0 Å². The van der Waals surface area contributed by atoms with E-state index in [-0.39, 0.29) is 18.4 Å². The molecule has 1 saturated carbocycles. The van der Waals surface area contributed by atoms with E-state index in [0.717, 1.165) is 29.4 Å². The SMILES string of the molecule is Cc1c(S(=O)(=O)N2CC3CCC(N)C3C2)c2ccccc2n1C.Cl. The number of nitrogens with two attached hydrogens (primary N) is 1. The van der Waals surface area contributed by atoms with Crippen molar-refractivity contribution >= 4 is 33.3 Å². The second kappa shape index (κ2) is 6.02. The molecule has 2 aromatic rings. The van der Waals surface area contributed by atoms with Gasteiger partial charge in [-0.05, 0) is 37.7 Å². The van der Waals surface area contributed by atoms with Gasteiger partial charge in [0.2, 0.25) is 10.0 Å². The third kappa shape index (κ3) is 2.39. The monoisotopic (exact) mass is 369 g/mol. The van der Waals surface area contributed by atoms with Crippen molar-refractivity contribution in [1.82, 2.24) is 8.87 Å². The summed E-state index contributed by atoms with van der Waals surface area (Å²) in [4.78, 5) is 0.462. The summed E-state index contributed by atoms with van der Waals surface area (Å²) in [6.45, 7) is 3.07. The Morgan fingerprint density at radius 1 is 1.17 bits per heavy atom. The third-order valence-corrected chi connectivity index (χ3v) is 7.83. The van der Waals surface area contributed by atoms with Gasteiger partial charge in [-0.2, -0.15) is 4.31 Å². The summed E-state index contributed by atoms with van der Waals surface area (Å²) in [5.41, 5.74) is 7.92. The van der Waals surface area contributed by atoms with Gasteiger partial charge in [-0.1, -0.05) is 18.2 Å². The number of hydrogen-bond donors (Lipinski definition) is 1. The first-order valence-electron chi connectivity index (χ1n) is 8.21. The Morgan fingerprint density at radius 2 is 1.88 bits per heavy atom. The number of para-hydroxylation sites is 1. The van der Waals surface area contributed by atoms with Crippen molar-refractivity contribution in [2.75, 3.05) is 13.1 Å². The molecule has 1 aromatic heterocycles. The maximum Gasteiger partial charge on any atom is 0.245 e. The van der Waals surface area contributed by atoms with E-state index in [1.54, 1.807) is 4.31 Å². The molecule has 1 aliphatic heterocycles. The molecule has 0 radical (unpaired) electrons. The highest BCUT2D eigenvalue weighted by Crippen LogP contribution is 2.41. The summed E-state index contributed by atoms with van der Waals surface area (Å²) in [5.74, 6) is 0.745. The first-order chi connectivity index (χ1) is 10.9. The molecular weight excluding hydrogens is 346 g/mol. The minimum Gasteiger partial charge on any atom is -0.347 e. The lowest BCUT2D eigenvalue weighted by atomic mass is 9.98. The van der Waals surface area contributed by atoms with E-state index >= 15 is 0 Å². The molecule has 3 atom stereocenters. The maximum absolute atomic E-state index is 13.3. The van der Waals surface area contributed by atoms with Gasteiger partial charge in [0, 0.05) is 42.8 Å². The third-order valence-electron chi connectivity index (χ3n) is 5.82. The van der Waals surface area contributed by atoms with Crippen LogP contribution in [0.5, 0.6) is 0 Å². The molecule has 0 amide bonds. The molecule has 5 nitrogen and oxygen atoms in total. The lowest BCUT2D eigenvalue weighted by Gasteiger charge is -2.19. The normalized spacial score (nSPS) is 27.4. The number of aryl methyl sites for hydroxylation is 1. The zero-order valence-corrected chi connectivity index (χ0v) is 15.6. The number of aromatic nitrogens is 1. The quantitative estimate of drug-likeness (QED) is 0.882. The highest BCUT2D eigenvalue weighted by Gasteiger charge is 2.45. The molecule has 0 bridgehead atoms. The number of halogens is 1. The highest BCUT2D eigenvalue weighted by molar-refractivity contribution is 7.89. The average Bonchev–Trinajstić information content (AvgIpc) is 3.16. The zero-order chi connectivity index (χ0) is 16.4. The van der Waals surface area contributed by atoms with Gasteiger partial charge in [-0.3, -0.25) is 0 Å². The Labute approximate surface area is 149 Å². The fourth-order valence-corrected chi connectivity index (χ4v) is 6.38. The molecule has 7 heteroatoms. The number of benzene rings is 1. The van der Waals surface area contributed by atoms with Crippen molar-refractivity contribution in [3.63, 3.8) is 0 Å². The molecular formula is C17H24ClN3O2S. The van der Waals surface area contributed by atoms with Gasteiger partial charge in [-0.15, -0.1) is 12.4 Å². The largest absolute Gasteiger partial charge is 0.347 e. The average molecular weight is 370 g/mol. The van der Waals surface area contributed by atoms with Crippen LogP contribution in [0, 0.1) is 18.8 Å². The smallest absolute Gasteiger partial charge is 0.245 e. The van der Waals surface area contributed by atoms with Crippen LogP contribution in [0.15, 0.2) is 29.2 Å². The van der Waals surface area contributed by atoms with E-state index in [9.17, 15) is 8.42 Å². The number of rotatable bonds is 2. The number of sulfonamides is 1. The van der Waals surface area contributed by atoms with Crippen molar-refractivity contribution in [2.24, 2.45) is 24.6 Å². The first kappa shape index (κ1) is 17.7. The Bertz CT molecular complexity index is 877. The van der Waals surface area contributed by atoms with Crippen LogP contribution in [0.3, 0.4) is 0 Å². The summed E-state index contributed by atoms with van der Waals surface area (Å²) in [6, 6.07) is 7.86. The topological polar surface area (TPSA) is 68.3 Å². The van der Waals surface area contributed by atoms with Crippen molar-refractivity contribution in [3.05, 3.63) is 30.0 Å². The fourth-order valence-electron chi connectivity index (χ4n) is 4.40. The number of hydrogen-bond acceptors (Lipinski definition) is 3. The van der Waals surface area contributed by atoms with Gasteiger partial charge in [0.1, 0.15) is 4.90 Å². The van der Waals surface area contributed by atoms with Crippen LogP contribution in [0.25, 0.3) is 10.9 Å².